The third-order valence-electron chi connectivity index (χ3n) is 8.66. The Morgan fingerprint density at radius 2 is 1.38 bits per heavy atom. The van der Waals surface area contributed by atoms with Gasteiger partial charge < -0.3 is 45.3 Å². The molecule has 0 amide bonds. The zero-order chi connectivity index (χ0) is 31.1. The SMILES string of the molecule is C.C.CC[C@H]1O[C@@H]2SC(=NCCC3CC3)N[C@@H]2[C@@H](OC(C)=O)[C@@H]1C.CO.OC[C@H]1O[C@@H]2SC(=NCCC3CC3)N[C@@H]2[C@@H](O)[C@@H]1O. The fourth-order valence-corrected chi connectivity index (χ4v) is 8.07. The van der Waals surface area contributed by atoms with Crippen molar-refractivity contribution in [3.05, 3.63) is 0 Å². The van der Waals surface area contributed by atoms with Gasteiger partial charge in [0, 0.05) is 33.0 Å². The van der Waals surface area contributed by atoms with E-state index in [0.29, 0.717) is 0 Å². The molecule has 4 saturated heterocycles. The fraction of sp³-hybridized carbons (Fsp3) is 0.903. The predicted octanol–water partition coefficient (Wildman–Crippen LogP) is 2.72. The molecule has 10 atom stereocenters. The highest BCUT2D eigenvalue weighted by Crippen LogP contribution is 2.39. The number of aliphatic hydroxyl groups is 4. The van der Waals surface area contributed by atoms with Crippen molar-refractivity contribution in [3.63, 3.8) is 0 Å². The average Bonchev–Trinajstić information content (AvgIpc) is 3.92. The molecular weight excluding hydrogens is 620 g/mol. The zero-order valence-corrected chi connectivity index (χ0v) is 27.3. The number of carbonyl (C=O) groups is 1. The van der Waals surface area contributed by atoms with Crippen LogP contribution in [-0.4, -0.2) is 117 Å². The zero-order valence-electron chi connectivity index (χ0n) is 25.6. The van der Waals surface area contributed by atoms with Crippen LogP contribution < -0.4 is 10.6 Å². The van der Waals surface area contributed by atoms with Crippen LogP contribution in [0.2, 0.25) is 0 Å². The second kappa shape index (κ2) is 19.0. The van der Waals surface area contributed by atoms with Gasteiger partial charge in [-0.15, -0.1) is 0 Å². The van der Waals surface area contributed by atoms with Crippen LogP contribution >= 0.6 is 23.5 Å². The molecular formula is C31H58N4O8S2. The highest BCUT2D eigenvalue weighted by molar-refractivity contribution is 8.14. The number of aliphatic imine (C=N–C) groups is 2. The third-order valence-corrected chi connectivity index (χ3v) is 10.9. The van der Waals surface area contributed by atoms with E-state index in [2.05, 4.69) is 34.5 Å². The second-order valence-corrected chi connectivity index (χ2v) is 14.2. The number of nitrogens with one attached hydrogen (secondary N) is 2. The van der Waals surface area contributed by atoms with Crippen molar-refractivity contribution in [2.75, 3.05) is 26.8 Å². The van der Waals surface area contributed by atoms with Gasteiger partial charge in [-0.1, -0.05) is 77.9 Å². The van der Waals surface area contributed by atoms with Crippen LogP contribution in [0.4, 0.5) is 0 Å². The molecule has 0 spiro atoms. The Hall–Kier alpha value is -1.13. The minimum absolute atomic E-state index is 0. The van der Waals surface area contributed by atoms with Crippen molar-refractivity contribution in [2.24, 2.45) is 27.7 Å². The molecule has 262 valence electrons. The van der Waals surface area contributed by atoms with Crippen LogP contribution in [0.25, 0.3) is 0 Å². The van der Waals surface area contributed by atoms with Gasteiger partial charge in [-0.05, 0) is 31.1 Å². The maximum atomic E-state index is 11.4. The Kier molecular flexibility index (Phi) is 16.9. The Labute approximate surface area is 277 Å². The topological polar surface area (TPSA) is 174 Å². The molecule has 2 saturated carbocycles. The van der Waals surface area contributed by atoms with E-state index < -0.39 is 18.3 Å². The lowest BCUT2D eigenvalue weighted by molar-refractivity contribution is -0.168. The number of thioether (sulfide) groups is 2. The van der Waals surface area contributed by atoms with Crippen LogP contribution in [0.1, 0.15) is 80.6 Å². The van der Waals surface area contributed by atoms with E-state index in [-0.39, 0.29) is 68.5 Å². The molecule has 4 aliphatic heterocycles. The molecule has 45 heavy (non-hydrogen) atoms. The standard InChI is InChI=1S/C16H26N2O3S.C12H20N2O4S.CH4O.2CH4/c1-4-12-9(2)14(20-10(3)19)13-15(21-12)22-16(18-13)17-8-7-11-5-6-11;15-5-7-9(16)10(17)8-11(18-7)19-12(14-8)13-4-3-6-1-2-6;1-2;;/h9,11-15H,4-8H2,1-3H3,(H,17,18);6-11,15-17H,1-5H2,(H,13,14);2H,1H3;2*1H4/t9-,12-,13-,14+,15-;7-,8-,9-,10-,11-;;;/m11.../s1. The summed E-state index contributed by atoms with van der Waals surface area (Å²) in [6.45, 7) is 7.07. The lowest BCUT2D eigenvalue weighted by Crippen LogP contribution is -2.59. The van der Waals surface area contributed by atoms with E-state index in [1.165, 1.54) is 50.8 Å². The van der Waals surface area contributed by atoms with Gasteiger partial charge in [0.25, 0.3) is 0 Å². The minimum Gasteiger partial charge on any atom is -0.460 e. The molecule has 12 nitrogen and oxygen atoms in total. The average molecular weight is 679 g/mol. The summed E-state index contributed by atoms with van der Waals surface area (Å²) >= 11 is 3.07. The number of hydrogen-bond acceptors (Lipinski definition) is 12. The monoisotopic (exact) mass is 678 g/mol. The van der Waals surface area contributed by atoms with E-state index in [9.17, 15) is 15.0 Å². The molecule has 0 aromatic rings. The molecule has 14 heteroatoms. The molecule has 6 fully saturated rings. The van der Waals surface area contributed by atoms with Gasteiger partial charge in [-0.25, -0.2) is 0 Å². The van der Waals surface area contributed by atoms with E-state index in [1.54, 1.807) is 11.8 Å². The van der Waals surface area contributed by atoms with Crippen LogP contribution in [0.3, 0.4) is 0 Å². The smallest absolute Gasteiger partial charge is 0.302 e. The van der Waals surface area contributed by atoms with E-state index in [4.69, 9.17) is 24.4 Å². The summed E-state index contributed by atoms with van der Waals surface area (Å²) in [4.78, 5) is 20.6. The Bertz CT molecular complexity index is 970. The van der Waals surface area contributed by atoms with Gasteiger partial charge in [0.15, 0.2) is 10.3 Å². The normalized spacial score (nSPS) is 38.0. The minimum atomic E-state index is -1.06. The molecule has 2 aliphatic carbocycles. The van der Waals surface area contributed by atoms with Gasteiger partial charge in [0.2, 0.25) is 0 Å². The Balaban J connectivity index is 0.000000287. The summed E-state index contributed by atoms with van der Waals surface area (Å²) < 4.78 is 17.4. The van der Waals surface area contributed by atoms with Crippen molar-refractivity contribution < 1.29 is 39.4 Å². The molecule has 0 unspecified atom stereocenters. The predicted molar refractivity (Wildman–Crippen MR) is 181 cm³/mol. The first kappa shape index (κ1) is 40.0. The fourth-order valence-electron chi connectivity index (χ4n) is 5.75. The number of aliphatic hydroxyl groups excluding tert-OH is 4. The maximum Gasteiger partial charge on any atom is 0.302 e. The molecule has 4 heterocycles. The third kappa shape index (κ3) is 10.9. The number of ether oxygens (including phenoxy) is 3. The second-order valence-electron chi connectivity index (χ2n) is 12.0. The Morgan fingerprint density at radius 1 is 0.889 bits per heavy atom. The quantitative estimate of drug-likeness (QED) is 0.197. The molecule has 6 N–H and O–H groups in total. The van der Waals surface area contributed by atoms with Gasteiger partial charge >= 0.3 is 5.97 Å². The van der Waals surface area contributed by atoms with Crippen molar-refractivity contribution in [3.8, 4) is 0 Å². The van der Waals surface area contributed by atoms with E-state index in [1.807, 2.05) is 0 Å². The van der Waals surface area contributed by atoms with Gasteiger partial charge in [0.05, 0.1) is 18.8 Å². The Morgan fingerprint density at radius 3 is 1.84 bits per heavy atom. The summed E-state index contributed by atoms with van der Waals surface area (Å²) in [7, 11) is 1.00. The molecule has 6 aliphatic rings. The lowest BCUT2D eigenvalue weighted by Gasteiger charge is -2.41. The van der Waals surface area contributed by atoms with Crippen molar-refractivity contribution in [1.29, 1.82) is 0 Å². The molecule has 0 aromatic heterocycles. The van der Waals surface area contributed by atoms with Crippen molar-refractivity contribution in [2.45, 2.75) is 134 Å². The number of amidine groups is 2. The van der Waals surface area contributed by atoms with Gasteiger partial charge in [0.1, 0.15) is 41.3 Å². The summed E-state index contributed by atoms with van der Waals surface area (Å²) in [6.07, 6.45) is 5.85. The first-order chi connectivity index (χ1) is 20.8. The molecule has 6 rings (SSSR count). The maximum absolute atomic E-state index is 11.4. The number of carbonyl (C=O) groups excluding carboxylic acids is 1. The summed E-state index contributed by atoms with van der Waals surface area (Å²) in [5, 5.41) is 44.2. The number of hydrogen-bond donors (Lipinski definition) is 6. The highest BCUT2D eigenvalue weighted by atomic mass is 32.2. The number of esters is 1. The lowest BCUT2D eigenvalue weighted by atomic mass is 9.88. The van der Waals surface area contributed by atoms with E-state index in [0.717, 1.165) is 55.2 Å². The first-order valence-electron chi connectivity index (χ1n) is 15.6. The van der Waals surface area contributed by atoms with Crippen molar-refractivity contribution >= 4 is 39.8 Å². The summed E-state index contributed by atoms with van der Waals surface area (Å²) in [5.74, 6) is 1.71. The highest BCUT2D eigenvalue weighted by Gasteiger charge is 2.50. The van der Waals surface area contributed by atoms with Gasteiger partial charge in [-0.2, -0.15) is 0 Å². The largest absolute Gasteiger partial charge is 0.460 e. The van der Waals surface area contributed by atoms with E-state index >= 15 is 0 Å². The van der Waals surface area contributed by atoms with Gasteiger partial charge in [-0.3, -0.25) is 14.8 Å². The van der Waals surface area contributed by atoms with Crippen LogP contribution in [0, 0.1) is 17.8 Å². The summed E-state index contributed by atoms with van der Waals surface area (Å²) in [5.41, 5.74) is -0.305. The van der Waals surface area contributed by atoms with Crippen LogP contribution in [0.5, 0.6) is 0 Å². The van der Waals surface area contributed by atoms with Crippen LogP contribution in [0.15, 0.2) is 9.98 Å². The number of rotatable bonds is 9. The summed E-state index contributed by atoms with van der Waals surface area (Å²) in [6, 6.07) is -0.353. The number of nitrogens with zero attached hydrogens (tertiary/aromatic N) is 2. The molecule has 0 aromatic carbocycles. The number of fused-ring (bicyclic) bond motifs is 2. The molecule has 0 bridgehead atoms. The molecule has 0 radical (unpaired) electrons. The first-order valence-corrected chi connectivity index (χ1v) is 17.4. The van der Waals surface area contributed by atoms with Crippen molar-refractivity contribution in [1.82, 2.24) is 10.6 Å². The van der Waals surface area contributed by atoms with Crippen LogP contribution in [-0.2, 0) is 19.0 Å².